The highest BCUT2D eigenvalue weighted by atomic mass is 16.5. The Balaban J connectivity index is 2.53. The van der Waals surface area contributed by atoms with E-state index in [1.807, 2.05) is 25.1 Å². The molecule has 0 aliphatic carbocycles. The molecule has 0 radical (unpaired) electrons. The standard InChI is InChI=1S/C11H17NO2/c1-8-3-4-10(12)11(7-8)14-6-5-9(2)13/h3-4,7,9,13H,5-6,12H2,1-2H3. The largest absolute Gasteiger partial charge is 0.491 e. The number of benzene rings is 1. The summed E-state index contributed by atoms with van der Waals surface area (Å²) in [5, 5.41) is 9.04. The summed E-state index contributed by atoms with van der Waals surface area (Å²) in [6, 6.07) is 5.67. The highest BCUT2D eigenvalue weighted by Gasteiger charge is 2.01. The number of anilines is 1. The molecule has 0 fully saturated rings. The van der Waals surface area contributed by atoms with Gasteiger partial charge >= 0.3 is 0 Å². The van der Waals surface area contributed by atoms with E-state index in [9.17, 15) is 0 Å². The van der Waals surface area contributed by atoms with Crippen molar-refractivity contribution in [1.29, 1.82) is 0 Å². The van der Waals surface area contributed by atoms with Crippen molar-refractivity contribution in [2.24, 2.45) is 0 Å². The van der Waals surface area contributed by atoms with Crippen molar-refractivity contribution >= 4 is 5.69 Å². The Morgan fingerprint density at radius 2 is 2.21 bits per heavy atom. The molecule has 0 amide bonds. The van der Waals surface area contributed by atoms with Crippen LogP contribution in [0.2, 0.25) is 0 Å². The van der Waals surface area contributed by atoms with Gasteiger partial charge in [0.05, 0.1) is 18.4 Å². The zero-order valence-electron chi connectivity index (χ0n) is 8.66. The van der Waals surface area contributed by atoms with Gasteiger partial charge in [-0.05, 0) is 31.5 Å². The highest BCUT2D eigenvalue weighted by molar-refractivity contribution is 5.53. The molecule has 0 bridgehead atoms. The monoisotopic (exact) mass is 195 g/mol. The van der Waals surface area contributed by atoms with Gasteiger partial charge in [-0.3, -0.25) is 0 Å². The third-order valence-electron chi connectivity index (χ3n) is 1.96. The number of nitrogens with two attached hydrogens (primary N) is 1. The third-order valence-corrected chi connectivity index (χ3v) is 1.96. The lowest BCUT2D eigenvalue weighted by molar-refractivity contribution is 0.156. The molecule has 78 valence electrons. The molecular weight excluding hydrogens is 178 g/mol. The van der Waals surface area contributed by atoms with Crippen molar-refractivity contribution in [2.75, 3.05) is 12.3 Å². The Bertz CT molecular complexity index is 297. The second kappa shape index (κ2) is 4.86. The van der Waals surface area contributed by atoms with E-state index in [0.29, 0.717) is 24.5 Å². The minimum Gasteiger partial charge on any atom is -0.491 e. The summed E-state index contributed by atoms with van der Waals surface area (Å²) in [7, 11) is 0. The fourth-order valence-corrected chi connectivity index (χ4v) is 1.11. The summed E-state index contributed by atoms with van der Waals surface area (Å²) in [6.07, 6.45) is 0.286. The molecule has 3 heteroatoms. The lowest BCUT2D eigenvalue weighted by Crippen LogP contribution is -2.08. The maximum absolute atomic E-state index is 9.04. The first-order valence-corrected chi connectivity index (χ1v) is 4.76. The van der Waals surface area contributed by atoms with Crippen molar-refractivity contribution in [3.63, 3.8) is 0 Å². The van der Waals surface area contributed by atoms with Crippen LogP contribution in [0.5, 0.6) is 5.75 Å². The Labute approximate surface area is 84.5 Å². The van der Waals surface area contributed by atoms with E-state index in [1.54, 1.807) is 6.92 Å². The molecule has 1 atom stereocenters. The number of rotatable bonds is 4. The molecule has 0 heterocycles. The van der Waals surface area contributed by atoms with Crippen LogP contribution in [0.4, 0.5) is 5.69 Å². The molecule has 14 heavy (non-hydrogen) atoms. The first-order chi connectivity index (χ1) is 6.59. The summed E-state index contributed by atoms with van der Waals surface area (Å²) < 4.78 is 5.44. The van der Waals surface area contributed by atoms with Gasteiger partial charge in [0, 0.05) is 6.42 Å². The fraction of sp³-hybridized carbons (Fsp3) is 0.455. The normalized spacial score (nSPS) is 12.5. The SMILES string of the molecule is Cc1ccc(N)c(OCCC(C)O)c1. The zero-order valence-corrected chi connectivity index (χ0v) is 8.66. The average molecular weight is 195 g/mol. The molecule has 3 N–H and O–H groups in total. The van der Waals surface area contributed by atoms with Crippen LogP contribution in [0.15, 0.2) is 18.2 Å². The van der Waals surface area contributed by atoms with Crippen LogP contribution in [0.25, 0.3) is 0 Å². The molecule has 1 rings (SSSR count). The number of aliphatic hydroxyl groups excluding tert-OH is 1. The lowest BCUT2D eigenvalue weighted by Gasteiger charge is -2.10. The maximum atomic E-state index is 9.04. The lowest BCUT2D eigenvalue weighted by atomic mass is 10.2. The van der Waals surface area contributed by atoms with Gasteiger partial charge in [0.2, 0.25) is 0 Å². The number of hydrogen-bond acceptors (Lipinski definition) is 3. The zero-order chi connectivity index (χ0) is 10.6. The number of aliphatic hydroxyl groups is 1. The van der Waals surface area contributed by atoms with E-state index in [1.165, 1.54) is 0 Å². The molecule has 0 spiro atoms. The molecule has 0 aliphatic heterocycles. The van der Waals surface area contributed by atoms with Gasteiger partial charge in [-0.2, -0.15) is 0 Å². The Morgan fingerprint density at radius 3 is 2.86 bits per heavy atom. The van der Waals surface area contributed by atoms with Gasteiger partial charge in [-0.15, -0.1) is 0 Å². The van der Waals surface area contributed by atoms with Crippen LogP contribution in [0.3, 0.4) is 0 Å². The molecule has 1 aromatic rings. The summed E-state index contributed by atoms with van der Waals surface area (Å²) >= 11 is 0. The molecular formula is C11H17NO2. The van der Waals surface area contributed by atoms with Crippen LogP contribution in [0, 0.1) is 6.92 Å². The number of nitrogen functional groups attached to an aromatic ring is 1. The predicted octanol–water partition coefficient (Wildman–Crippen LogP) is 1.73. The van der Waals surface area contributed by atoms with Gasteiger partial charge in [0.1, 0.15) is 5.75 Å². The Hall–Kier alpha value is -1.22. The topological polar surface area (TPSA) is 55.5 Å². The maximum Gasteiger partial charge on any atom is 0.142 e. The van der Waals surface area contributed by atoms with Crippen LogP contribution in [-0.2, 0) is 0 Å². The van der Waals surface area contributed by atoms with E-state index >= 15 is 0 Å². The number of aryl methyl sites for hydroxylation is 1. The van der Waals surface area contributed by atoms with E-state index in [0.717, 1.165) is 5.56 Å². The van der Waals surface area contributed by atoms with Crippen molar-refractivity contribution in [1.82, 2.24) is 0 Å². The second-order valence-electron chi connectivity index (χ2n) is 3.53. The van der Waals surface area contributed by atoms with Gasteiger partial charge < -0.3 is 15.6 Å². The summed E-state index contributed by atoms with van der Waals surface area (Å²) in [6.45, 7) is 4.22. The van der Waals surface area contributed by atoms with E-state index in [4.69, 9.17) is 15.6 Å². The van der Waals surface area contributed by atoms with Crippen LogP contribution in [-0.4, -0.2) is 17.8 Å². The van der Waals surface area contributed by atoms with E-state index in [-0.39, 0.29) is 6.10 Å². The van der Waals surface area contributed by atoms with E-state index < -0.39 is 0 Å². The van der Waals surface area contributed by atoms with Crippen molar-refractivity contribution in [3.8, 4) is 5.75 Å². The fourth-order valence-electron chi connectivity index (χ4n) is 1.11. The molecule has 0 saturated carbocycles. The van der Waals surface area contributed by atoms with Crippen LogP contribution in [0.1, 0.15) is 18.9 Å². The molecule has 3 nitrogen and oxygen atoms in total. The van der Waals surface area contributed by atoms with Crippen LogP contribution < -0.4 is 10.5 Å². The van der Waals surface area contributed by atoms with Crippen LogP contribution >= 0.6 is 0 Å². The van der Waals surface area contributed by atoms with Gasteiger partial charge in [-0.1, -0.05) is 6.07 Å². The first-order valence-electron chi connectivity index (χ1n) is 4.76. The van der Waals surface area contributed by atoms with Crippen molar-refractivity contribution in [3.05, 3.63) is 23.8 Å². The first kappa shape index (κ1) is 10.9. The van der Waals surface area contributed by atoms with Gasteiger partial charge in [0.15, 0.2) is 0 Å². The number of hydrogen-bond donors (Lipinski definition) is 2. The quantitative estimate of drug-likeness (QED) is 0.719. The molecule has 1 aromatic carbocycles. The minimum atomic E-state index is -0.332. The summed E-state index contributed by atoms with van der Waals surface area (Å²) in [5.41, 5.74) is 7.48. The van der Waals surface area contributed by atoms with E-state index in [2.05, 4.69) is 0 Å². The molecule has 0 aliphatic rings. The smallest absolute Gasteiger partial charge is 0.142 e. The average Bonchev–Trinajstić information content (AvgIpc) is 2.10. The van der Waals surface area contributed by atoms with Crippen molar-refractivity contribution in [2.45, 2.75) is 26.4 Å². The summed E-state index contributed by atoms with van der Waals surface area (Å²) in [4.78, 5) is 0. The Kier molecular flexibility index (Phi) is 3.77. The highest BCUT2D eigenvalue weighted by Crippen LogP contribution is 2.22. The van der Waals surface area contributed by atoms with Crippen molar-refractivity contribution < 1.29 is 9.84 Å². The second-order valence-corrected chi connectivity index (χ2v) is 3.53. The molecule has 1 unspecified atom stereocenters. The molecule has 0 aromatic heterocycles. The third kappa shape index (κ3) is 3.26. The minimum absolute atomic E-state index is 0.332. The van der Waals surface area contributed by atoms with Gasteiger partial charge in [-0.25, -0.2) is 0 Å². The summed E-state index contributed by atoms with van der Waals surface area (Å²) in [5.74, 6) is 0.700. The Morgan fingerprint density at radius 1 is 1.50 bits per heavy atom. The van der Waals surface area contributed by atoms with Gasteiger partial charge in [0.25, 0.3) is 0 Å². The number of ether oxygens (including phenoxy) is 1. The predicted molar refractivity (Wildman–Crippen MR) is 57.4 cm³/mol. The molecule has 0 saturated heterocycles.